The molecule has 4 heteroatoms. The Morgan fingerprint density at radius 3 is 2.83 bits per heavy atom. The first kappa shape index (κ1) is 10.5. The standard InChI is InChI=1S/C14H10N4/c1-10-2-3-11(8-17-10)13-6-12(7-15)14-16-4-5-18(14)9-13/h2-6,8-9H,1H3. The molecule has 0 saturated carbocycles. The molecule has 3 aromatic rings. The highest BCUT2D eigenvalue weighted by atomic mass is 15.0. The van der Waals surface area contributed by atoms with Crippen LogP contribution in [-0.2, 0) is 0 Å². The highest BCUT2D eigenvalue weighted by molar-refractivity contribution is 5.68. The summed E-state index contributed by atoms with van der Waals surface area (Å²) in [7, 11) is 0. The van der Waals surface area contributed by atoms with Gasteiger partial charge in [0.1, 0.15) is 6.07 Å². The van der Waals surface area contributed by atoms with E-state index in [0.29, 0.717) is 11.2 Å². The second-order valence-corrected chi connectivity index (χ2v) is 4.10. The van der Waals surface area contributed by atoms with Crippen molar-refractivity contribution in [3.05, 3.63) is 54.2 Å². The fourth-order valence-corrected chi connectivity index (χ4v) is 1.91. The first-order valence-corrected chi connectivity index (χ1v) is 5.58. The highest BCUT2D eigenvalue weighted by Gasteiger charge is 2.06. The van der Waals surface area contributed by atoms with Gasteiger partial charge in [-0.1, -0.05) is 6.07 Å². The number of hydrogen-bond acceptors (Lipinski definition) is 3. The zero-order valence-corrected chi connectivity index (χ0v) is 9.83. The second-order valence-electron chi connectivity index (χ2n) is 4.10. The normalized spacial score (nSPS) is 10.4. The minimum Gasteiger partial charge on any atom is -0.305 e. The summed E-state index contributed by atoms with van der Waals surface area (Å²) >= 11 is 0. The quantitative estimate of drug-likeness (QED) is 0.650. The van der Waals surface area contributed by atoms with Crippen LogP contribution in [0, 0.1) is 18.3 Å². The molecule has 3 aromatic heterocycles. The van der Waals surface area contributed by atoms with Gasteiger partial charge in [-0.3, -0.25) is 4.98 Å². The van der Waals surface area contributed by atoms with E-state index in [1.54, 1.807) is 6.20 Å². The summed E-state index contributed by atoms with van der Waals surface area (Å²) < 4.78 is 1.85. The molecule has 0 atom stereocenters. The number of pyridine rings is 2. The lowest BCUT2D eigenvalue weighted by molar-refractivity contribution is 1.17. The highest BCUT2D eigenvalue weighted by Crippen LogP contribution is 2.21. The molecular formula is C14H10N4. The van der Waals surface area contributed by atoms with Crippen LogP contribution in [0.3, 0.4) is 0 Å². The monoisotopic (exact) mass is 234 g/mol. The maximum Gasteiger partial charge on any atom is 0.154 e. The van der Waals surface area contributed by atoms with Gasteiger partial charge in [0.15, 0.2) is 5.65 Å². The Balaban J connectivity index is 2.23. The number of imidazole rings is 1. The van der Waals surface area contributed by atoms with Gasteiger partial charge in [0.2, 0.25) is 0 Å². The Morgan fingerprint density at radius 1 is 1.22 bits per heavy atom. The van der Waals surface area contributed by atoms with Crippen LogP contribution in [0.25, 0.3) is 16.8 Å². The van der Waals surface area contributed by atoms with E-state index in [4.69, 9.17) is 5.26 Å². The Labute approximate surface area is 104 Å². The summed E-state index contributed by atoms with van der Waals surface area (Å²) in [6.07, 6.45) is 7.29. The average molecular weight is 234 g/mol. The summed E-state index contributed by atoms with van der Waals surface area (Å²) in [5.41, 5.74) is 4.18. The third kappa shape index (κ3) is 1.62. The van der Waals surface area contributed by atoms with Crippen molar-refractivity contribution >= 4 is 5.65 Å². The molecule has 18 heavy (non-hydrogen) atoms. The molecule has 0 aliphatic heterocycles. The third-order valence-electron chi connectivity index (χ3n) is 2.85. The molecule has 3 heterocycles. The van der Waals surface area contributed by atoms with Crippen molar-refractivity contribution < 1.29 is 0 Å². The van der Waals surface area contributed by atoms with E-state index >= 15 is 0 Å². The topological polar surface area (TPSA) is 54.0 Å². The van der Waals surface area contributed by atoms with Crippen LogP contribution in [0.4, 0.5) is 0 Å². The van der Waals surface area contributed by atoms with E-state index in [2.05, 4.69) is 16.0 Å². The van der Waals surface area contributed by atoms with Gasteiger partial charge in [-0.25, -0.2) is 4.98 Å². The SMILES string of the molecule is Cc1ccc(-c2cc(C#N)c3nccn3c2)cn1. The zero-order chi connectivity index (χ0) is 12.5. The third-order valence-corrected chi connectivity index (χ3v) is 2.85. The van der Waals surface area contributed by atoms with Crippen molar-refractivity contribution in [2.45, 2.75) is 6.92 Å². The van der Waals surface area contributed by atoms with Crippen LogP contribution in [0.15, 0.2) is 43.0 Å². The molecule has 0 fully saturated rings. The van der Waals surface area contributed by atoms with Crippen LogP contribution in [-0.4, -0.2) is 14.4 Å². The van der Waals surface area contributed by atoms with Crippen LogP contribution < -0.4 is 0 Å². The molecule has 3 rings (SSSR count). The Kier molecular flexibility index (Phi) is 2.31. The van der Waals surface area contributed by atoms with Crippen LogP contribution in [0.2, 0.25) is 0 Å². The first-order valence-electron chi connectivity index (χ1n) is 5.58. The number of nitriles is 1. The zero-order valence-electron chi connectivity index (χ0n) is 9.83. The van der Waals surface area contributed by atoms with Crippen molar-refractivity contribution in [1.82, 2.24) is 14.4 Å². The van der Waals surface area contributed by atoms with Crippen molar-refractivity contribution in [1.29, 1.82) is 5.26 Å². The van der Waals surface area contributed by atoms with E-state index in [1.165, 1.54) is 0 Å². The summed E-state index contributed by atoms with van der Waals surface area (Å²) in [5, 5.41) is 9.15. The molecule has 0 aliphatic carbocycles. The molecule has 0 bridgehead atoms. The number of nitrogens with zero attached hydrogens (tertiary/aromatic N) is 4. The molecule has 0 radical (unpaired) electrons. The molecule has 0 spiro atoms. The molecule has 0 aromatic carbocycles. The van der Waals surface area contributed by atoms with E-state index in [-0.39, 0.29) is 0 Å². The number of aromatic nitrogens is 3. The lowest BCUT2D eigenvalue weighted by atomic mass is 10.1. The second kappa shape index (κ2) is 3.97. The van der Waals surface area contributed by atoms with Gasteiger partial charge in [0.05, 0.1) is 5.56 Å². The molecule has 0 N–H and O–H groups in total. The maximum absolute atomic E-state index is 9.15. The van der Waals surface area contributed by atoms with Gasteiger partial charge < -0.3 is 4.40 Å². The minimum absolute atomic E-state index is 0.568. The number of aryl methyl sites for hydroxylation is 1. The van der Waals surface area contributed by atoms with Gasteiger partial charge in [0.25, 0.3) is 0 Å². The van der Waals surface area contributed by atoms with Gasteiger partial charge >= 0.3 is 0 Å². The van der Waals surface area contributed by atoms with Gasteiger partial charge in [-0.05, 0) is 19.1 Å². The van der Waals surface area contributed by atoms with E-state index < -0.39 is 0 Å². The Bertz CT molecular complexity index is 748. The number of fused-ring (bicyclic) bond motifs is 1. The average Bonchev–Trinajstić information content (AvgIpc) is 2.86. The molecule has 0 saturated heterocycles. The fraction of sp³-hybridized carbons (Fsp3) is 0.0714. The number of rotatable bonds is 1. The van der Waals surface area contributed by atoms with Crippen molar-refractivity contribution in [2.75, 3.05) is 0 Å². The van der Waals surface area contributed by atoms with Gasteiger partial charge in [0, 0.05) is 41.6 Å². The van der Waals surface area contributed by atoms with Crippen molar-refractivity contribution in [3.8, 4) is 17.2 Å². The molecule has 4 nitrogen and oxygen atoms in total. The van der Waals surface area contributed by atoms with Gasteiger partial charge in [-0.2, -0.15) is 5.26 Å². The first-order chi connectivity index (χ1) is 8.78. The minimum atomic E-state index is 0.568. The largest absolute Gasteiger partial charge is 0.305 e. The van der Waals surface area contributed by atoms with Crippen molar-refractivity contribution in [3.63, 3.8) is 0 Å². The molecule has 0 unspecified atom stereocenters. The van der Waals surface area contributed by atoms with E-state index in [1.807, 2.05) is 48.1 Å². The molecule has 0 aliphatic rings. The van der Waals surface area contributed by atoms with Crippen LogP contribution >= 0.6 is 0 Å². The van der Waals surface area contributed by atoms with Crippen molar-refractivity contribution in [2.24, 2.45) is 0 Å². The van der Waals surface area contributed by atoms with E-state index in [9.17, 15) is 0 Å². The lowest BCUT2D eigenvalue weighted by Crippen LogP contribution is -1.91. The predicted molar refractivity (Wildman–Crippen MR) is 67.9 cm³/mol. The summed E-state index contributed by atoms with van der Waals surface area (Å²) in [5.74, 6) is 0. The van der Waals surface area contributed by atoms with Crippen LogP contribution in [0.1, 0.15) is 11.3 Å². The Hall–Kier alpha value is -2.67. The molecule has 86 valence electrons. The summed E-state index contributed by atoms with van der Waals surface area (Å²) in [6, 6.07) is 7.98. The van der Waals surface area contributed by atoms with Crippen LogP contribution in [0.5, 0.6) is 0 Å². The number of hydrogen-bond donors (Lipinski definition) is 0. The fourth-order valence-electron chi connectivity index (χ4n) is 1.91. The smallest absolute Gasteiger partial charge is 0.154 e. The molecule has 0 amide bonds. The predicted octanol–water partition coefficient (Wildman–Crippen LogP) is 2.58. The molecular weight excluding hydrogens is 224 g/mol. The van der Waals surface area contributed by atoms with E-state index in [0.717, 1.165) is 16.8 Å². The maximum atomic E-state index is 9.15. The summed E-state index contributed by atoms with van der Waals surface area (Å²) in [6.45, 7) is 1.95. The Morgan fingerprint density at radius 2 is 2.11 bits per heavy atom. The summed E-state index contributed by atoms with van der Waals surface area (Å²) in [4.78, 5) is 8.43. The lowest BCUT2D eigenvalue weighted by Gasteiger charge is -2.04. The van der Waals surface area contributed by atoms with Gasteiger partial charge in [-0.15, -0.1) is 0 Å².